The van der Waals surface area contributed by atoms with Gasteiger partial charge in [-0.05, 0) is 31.8 Å². The number of aliphatic carboxylic acids is 1. The molecule has 0 spiro atoms. The van der Waals surface area contributed by atoms with Gasteiger partial charge < -0.3 is 10.4 Å². The van der Waals surface area contributed by atoms with Crippen molar-refractivity contribution in [1.29, 1.82) is 0 Å². The Morgan fingerprint density at radius 2 is 1.71 bits per heavy atom. The van der Waals surface area contributed by atoms with Crippen LogP contribution in [0.1, 0.15) is 65.2 Å². The fraction of sp³-hybridized carbons (Fsp3) is 0.929. The van der Waals surface area contributed by atoms with Crippen LogP contribution in [0.3, 0.4) is 0 Å². The Morgan fingerprint density at radius 3 is 2.24 bits per heavy atom. The Hall–Kier alpha value is -0.570. The molecule has 1 rings (SSSR count). The lowest BCUT2D eigenvalue weighted by Gasteiger charge is -2.22. The Labute approximate surface area is 106 Å². The summed E-state index contributed by atoms with van der Waals surface area (Å²) in [7, 11) is 0. The zero-order valence-electron chi connectivity index (χ0n) is 11.5. The van der Waals surface area contributed by atoms with Gasteiger partial charge in [0, 0.05) is 6.92 Å². The van der Waals surface area contributed by atoms with E-state index < -0.39 is 5.97 Å². The average Bonchev–Trinajstić information content (AvgIpc) is 2.29. The molecular weight excluding hydrogens is 214 g/mol. The van der Waals surface area contributed by atoms with E-state index >= 15 is 0 Å². The van der Waals surface area contributed by atoms with Crippen molar-refractivity contribution >= 4 is 5.97 Å². The van der Waals surface area contributed by atoms with Crippen LogP contribution < -0.4 is 5.32 Å². The second kappa shape index (κ2) is 11.9. The number of unbranched alkanes of at least 4 members (excludes halogenated alkanes) is 4. The lowest BCUT2D eigenvalue weighted by atomic mass is 9.92. The van der Waals surface area contributed by atoms with Crippen molar-refractivity contribution in [2.75, 3.05) is 13.1 Å². The van der Waals surface area contributed by atoms with Crippen molar-refractivity contribution in [1.82, 2.24) is 5.32 Å². The predicted molar refractivity (Wildman–Crippen MR) is 72.3 cm³/mol. The van der Waals surface area contributed by atoms with Crippen LogP contribution in [0.25, 0.3) is 0 Å². The summed E-state index contributed by atoms with van der Waals surface area (Å²) in [4.78, 5) is 9.00. The molecule has 1 aliphatic rings. The quantitative estimate of drug-likeness (QED) is 0.703. The van der Waals surface area contributed by atoms with Gasteiger partial charge in [0.15, 0.2) is 0 Å². The molecule has 2 N–H and O–H groups in total. The minimum Gasteiger partial charge on any atom is -0.481 e. The van der Waals surface area contributed by atoms with E-state index in [0.29, 0.717) is 0 Å². The molecule has 0 radical (unpaired) electrons. The van der Waals surface area contributed by atoms with Crippen molar-refractivity contribution in [3.05, 3.63) is 0 Å². The lowest BCUT2D eigenvalue weighted by Crippen LogP contribution is -2.27. The summed E-state index contributed by atoms with van der Waals surface area (Å²) >= 11 is 0. The van der Waals surface area contributed by atoms with Crippen LogP contribution in [0.4, 0.5) is 0 Å². The number of hydrogen-bond donors (Lipinski definition) is 2. The van der Waals surface area contributed by atoms with Gasteiger partial charge in [0.2, 0.25) is 0 Å². The van der Waals surface area contributed by atoms with Crippen LogP contribution in [0.15, 0.2) is 0 Å². The van der Waals surface area contributed by atoms with Gasteiger partial charge in [-0.25, -0.2) is 0 Å². The molecule has 1 fully saturated rings. The minimum atomic E-state index is -0.833. The van der Waals surface area contributed by atoms with Gasteiger partial charge in [0.25, 0.3) is 5.97 Å². The molecule has 17 heavy (non-hydrogen) atoms. The van der Waals surface area contributed by atoms with E-state index in [4.69, 9.17) is 9.90 Å². The van der Waals surface area contributed by atoms with E-state index in [1.165, 1.54) is 64.5 Å². The third-order valence-electron chi connectivity index (χ3n) is 3.17. The van der Waals surface area contributed by atoms with E-state index in [0.717, 1.165) is 12.8 Å². The fourth-order valence-electron chi connectivity index (χ4n) is 2.21. The first-order valence-electron chi connectivity index (χ1n) is 7.07. The Balaban J connectivity index is 0.000000557. The predicted octanol–water partition coefficient (Wildman–Crippen LogP) is 3.44. The number of carboxylic acid groups (broad SMARTS) is 1. The molecule has 3 nitrogen and oxygen atoms in total. The first-order chi connectivity index (χ1) is 8.16. The van der Waals surface area contributed by atoms with E-state index in [1.807, 2.05) is 0 Å². The van der Waals surface area contributed by atoms with Crippen molar-refractivity contribution in [2.24, 2.45) is 5.92 Å². The maximum absolute atomic E-state index is 9.00. The van der Waals surface area contributed by atoms with E-state index in [1.54, 1.807) is 0 Å². The van der Waals surface area contributed by atoms with Crippen LogP contribution in [0.5, 0.6) is 0 Å². The van der Waals surface area contributed by atoms with Crippen LogP contribution in [-0.2, 0) is 4.79 Å². The molecule has 0 bridgehead atoms. The summed E-state index contributed by atoms with van der Waals surface area (Å²) in [5.41, 5.74) is 0. The van der Waals surface area contributed by atoms with Gasteiger partial charge in [-0.3, -0.25) is 4.79 Å². The van der Waals surface area contributed by atoms with Crippen LogP contribution in [0.2, 0.25) is 0 Å². The minimum absolute atomic E-state index is 0.833. The third-order valence-corrected chi connectivity index (χ3v) is 3.17. The molecule has 0 saturated carbocycles. The second-order valence-corrected chi connectivity index (χ2v) is 4.92. The zero-order valence-corrected chi connectivity index (χ0v) is 11.5. The molecule has 0 aromatic rings. The van der Waals surface area contributed by atoms with Crippen molar-refractivity contribution in [2.45, 2.75) is 65.2 Å². The highest BCUT2D eigenvalue weighted by molar-refractivity contribution is 5.62. The van der Waals surface area contributed by atoms with E-state index in [9.17, 15) is 0 Å². The van der Waals surface area contributed by atoms with Gasteiger partial charge in [-0.15, -0.1) is 0 Å². The van der Waals surface area contributed by atoms with Crippen molar-refractivity contribution < 1.29 is 9.90 Å². The number of rotatable bonds is 6. The molecule has 1 saturated heterocycles. The Morgan fingerprint density at radius 1 is 1.18 bits per heavy atom. The average molecular weight is 243 g/mol. The molecule has 0 aliphatic carbocycles. The van der Waals surface area contributed by atoms with Gasteiger partial charge >= 0.3 is 0 Å². The molecule has 0 atom stereocenters. The van der Waals surface area contributed by atoms with E-state index in [-0.39, 0.29) is 0 Å². The summed E-state index contributed by atoms with van der Waals surface area (Å²) < 4.78 is 0. The number of nitrogens with one attached hydrogen (secondary N) is 1. The molecular formula is C14H29NO2. The number of hydrogen-bond acceptors (Lipinski definition) is 2. The molecule has 0 aromatic carbocycles. The topological polar surface area (TPSA) is 49.3 Å². The van der Waals surface area contributed by atoms with Gasteiger partial charge in [0.1, 0.15) is 0 Å². The van der Waals surface area contributed by atoms with Crippen LogP contribution >= 0.6 is 0 Å². The summed E-state index contributed by atoms with van der Waals surface area (Å²) in [6.07, 6.45) is 11.6. The standard InChI is InChI=1S/C12H25N.C2H4O2/c1-2-3-4-5-6-7-12-8-10-13-11-9-12;1-2(3)4/h12-13H,2-11H2,1H3;1H3,(H,3,4). The lowest BCUT2D eigenvalue weighted by molar-refractivity contribution is -0.134. The largest absolute Gasteiger partial charge is 0.481 e. The van der Waals surface area contributed by atoms with Crippen LogP contribution in [-0.4, -0.2) is 24.2 Å². The highest BCUT2D eigenvalue weighted by Gasteiger charge is 2.11. The molecule has 102 valence electrons. The second-order valence-electron chi connectivity index (χ2n) is 4.92. The van der Waals surface area contributed by atoms with Gasteiger partial charge in [0.05, 0.1) is 0 Å². The summed E-state index contributed by atoms with van der Waals surface area (Å²) in [5, 5.41) is 10.8. The maximum atomic E-state index is 9.00. The molecule has 3 heteroatoms. The molecule has 1 aliphatic heterocycles. The maximum Gasteiger partial charge on any atom is 0.300 e. The van der Waals surface area contributed by atoms with Gasteiger partial charge in [-0.2, -0.15) is 0 Å². The normalized spacial score (nSPS) is 16.1. The Kier molecular flexibility index (Phi) is 11.5. The molecule has 0 unspecified atom stereocenters. The fourth-order valence-corrected chi connectivity index (χ4v) is 2.21. The molecule has 1 heterocycles. The Bertz CT molecular complexity index is 173. The van der Waals surface area contributed by atoms with Crippen LogP contribution in [0, 0.1) is 5.92 Å². The third kappa shape index (κ3) is 13.4. The number of carboxylic acids is 1. The highest BCUT2D eigenvalue weighted by Crippen LogP contribution is 2.19. The molecule has 0 amide bonds. The van der Waals surface area contributed by atoms with Gasteiger partial charge in [-0.1, -0.05) is 45.4 Å². The first kappa shape index (κ1) is 16.4. The summed E-state index contributed by atoms with van der Waals surface area (Å²) in [6.45, 7) is 5.89. The molecule has 0 aromatic heterocycles. The first-order valence-corrected chi connectivity index (χ1v) is 7.07. The smallest absolute Gasteiger partial charge is 0.300 e. The summed E-state index contributed by atoms with van der Waals surface area (Å²) in [6, 6.07) is 0. The number of piperidine rings is 1. The van der Waals surface area contributed by atoms with Crippen molar-refractivity contribution in [3.8, 4) is 0 Å². The zero-order chi connectivity index (χ0) is 12.9. The van der Waals surface area contributed by atoms with E-state index in [2.05, 4.69) is 12.2 Å². The SMILES string of the molecule is CC(=O)O.CCCCCCCC1CCNCC1. The number of carbonyl (C=O) groups is 1. The highest BCUT2D eigenvalue weighted by atomic mass is 16.4. The summed E-state index contributed by atoms with van der Waals surface area (Å²) in [5.74, 6) is 0.211. The van der Waals surface area contributed by atoms with Crippen molar-refractivity contribution in [3.63, 3.8) is 0 Å². The monoisotopic (exact) mass is 243 g/mol.